The van der Waals surface area contributed by atoms with Gasteiger partial charge in [0.2, 0.25) is 0 Å². The van der Waals surface area contributed by atoms with E-state index in [1.54, 1.807) is 31.2 Å². The van der Waals surface area contributed by atoms with E-state index in [4.69, 9.17) is 4.74 Å². The Hall–Kier alpha value is -2.75. The summed E-state index contributed by atoms with van der Waals surface area (Å²) in [4.78, 5) is 0. The molecule has 1 nitrogen and oxygen atoms in total. The molecular formula is C23H25F3O. The fourth-order valence-electron chi connectivity index (χ4n) is 2.15. The van der Waals surface area contributed by atoms with Gasteiger partial charge in [-0.2, -0.15) is 0 Å². The zero-order valence-corrected chi connectivity index (χ0v) is 15.9. The first-order chi connectivity index (χ1) is 12.7. The van der Waals surface area contributed by atoms with Crippen molar-refractivity contribution in [2.75, 3.05) is 6.61 Å². The van der Waals surface area contributed by atoms with Crippen molar-refractivity contribution in [3.05, 3.63) is 108 Å². The highest BCUT2D eigenvalue weighted by Gasteiger charge is 2.10. The molecule has 1 aromatic carbocycles. The molecule has 0 fully saturated rings. The lowest BCUT2D eigenvalue weighted by Crippen LogP contribution is -1.97. The zero-order chi connectivity index (χ0) is 20.6. The number of aryl methyl sites for hydroxylation is 2. The Kier molecular flexibility index (Phi) is 8.60. The van der Waals surface area contributed by atoms with E-state index < -0.39 is 17.5 Å². The highest BCUT2D eigenvalue weighted by molar-refractivity contribution is 5.46. The SMILES string of the molecule is C=C(/C=C\C(=C)C(=C)/C=C(/F)C(=C)OCC)CCc1ccc(C)c(F)c1F. The van der Waals surface area contributed by atoms with Crippen molar-refractivity contribution in [3.8, 4) is 0 Å². The van der Waals surface area contributed by atoms with Gasteiger partial charge in [-0.05, 0) is 55.0 Å². The summed E-state index contributed by atoms with van der Waals surface area (Å²) >= 11 is 0. The van der Waals surface area contributed by atoms with E-state index in [9.17, 15) is 13.2 Å². The third-order valence-corrected chi connectivity index (χ3v) is 3.89. The molecule has 0 aliphatic carbocycles. The minimum Gasteiger partial charge on any atom is -0.491 e. The zero-order valence-electron chi connectivity index (χ0n) is 15.9. The van der Waals surface area contributed by atoms with Crippen molar-refractivity contribution in [1.29, 1.82) is 0 Å². The molecule has 0 radical (unpaired) electrons. The van der Waals surface area contributed by atoms with Crippen molar-refractivity contribution >= 4 is 0 Å². The third kappa shape index (κ3) is 6.81. The molecule has 27 heavy (non-hydrogen) atoms. The topological polar surface area (TPSA) is 9.23 Å². The molecule has 1 aromatic rings. The number of allylic oxidation sites excluding steroid dienone is 7. The summed E-state index contributed by atoms with van der Waals surface area (Å²) in [5.74, 6) is -2.32. The summed E-state index contributed by atoms with van der Waals surface area (Å²) in [6, 6.07) is 3.12. The van der Waals surface area contributed by atoms with Crippen LogP contribution >= 0.6 is 0 Å². The van der Waals surface area contributed by atoms with Gasteiger partial charge in [0.15, 0.2) is 17.5 Å². The summed E-state index contributed by atoms with van der Waals surface area (Å²) in [5.41, 5.74) is 2.13. The van der Waals surface area contributed by atoms with Crippen LogP contribution in [0.5, 0.6) is 0 Å². The first-order valence-corrected chi connectivity index (χ1v) is 8.54. The van der Waals surface area contributed by atoms with Crippen LogP contribution in [-0.4, -0.2) is 6.61 Å². The van der Waals surface area contributed by atoms with Crippen LogP contribution in [0.1, 0.15) is 24.5 Å². The van der Waals surface area contributed by atoms with Crippen molar-refractivity contribution in [2.45, 2.75) is 26.7 Å². The maximum atomic E-state index is 13.9. The molecule has 1 rings (SSSR count). The van der Waals surface area contributed by atoms with Gasteiger partial charge in [-0.3, -0.25) is 0 Å². The molecule has 0 aliphatic rings. The molecule has 0 saturated heterocycles. The second kappa shape index (κ2) is 10.4. The number of halogens is 3. The molecule has 0 spiro atoms. The van der Waals surface area contributed by atoms with Gasteiger partial charge in [0.05, 0.1) is 6.61 Å². The summed E-state index contributed by atoms with van der Waals surface area (Å²) in [6.45, 7) is 18.5. The second-order valence-corrected chi connectivity index (χ2v) is 6.06. The van der Waals surface area contributed by atoms with Gasteiger partial charge in [-0.1, -0.05) is 56.2 Å². The van der Waals surface area contributed by atoms with Gasteiger partial charge in [-0.15, -0.1) is 0 Å². The minimum absolute atomic E-state index is 0.0628. The summed E-state index contributed by atoms with van der Waals surface area (Å²) in [6.07, 6.45) is 5.30. The maximum Gasteiger partial charge on any atom is 0.165 e. The summed E-state index contributed by atoms with van der Waals surface area (Å²) < 4.78 is 46.3. The van der Waals surface area contributed by atoms with Crippen LogP contribution in [0.4, 0.5) is 13.2 Å². The predicted octanol–water partition coefficient (Wildman–Crippen LogP) is 6.83. The van der Waals surface area contributed by atoms with Crippen LogP contribution in [0, 0.1) is 18.6 Å². The smallest absolute Gasteiger partial charge is 0.165 e. The third-order valence-electron chi connectivity index (χ3n) is 3.89. The van der Waals surface area contributed by atoms with Crippen molar-refractivity contribution < 1.29 is 17.9 Å². The van der Waals surface area contributed by atoms with E-state index in [-0.39, 0.29) is 11.3 Å². The standard InChI is InChI=1S/C23H25F3O/c1-7-27-19(6)21(24)14-18(5)16(3)10-8-15(2)9-12-20-13-11-17(4)22(25)23(20)26/h8,10-11,13-14H,2-3,5-7,9,12H2,1,4H3/b10-8-,21-14+. The van der Waals surface area contributed by atoms with Crippen molar-refractivity contribution in [1.82, 2.24) is 0 Å². The van der Waals surface area contributed by atoms with Crippen molar-refractivity contribution in [3.63, 3.8) is 0 Å². The first-order valence-electron chi connectivity index (χ1n) is 8.54. The van der Waals surface area contributed by atoms with E-state index in [1.165, 1.54) is 13.0 Å². The van der Waals surface area contributed by atoms with Gasteiger partial charge in [0.1, 0.15) is 5.76 Å². The fourth-order valence-corrected chi connectivity index (χ4v) is 2.15. The molecular weight excluding hydrogens is 349 g/mol. The Morgan fingerprint density at radius 1 is 1.04 bits per heavy atom. The molecule has 0 unspecified atom stereocenters. The highest BCUT2D eigenvalue weighted by atomic mass is 19.2. The summed E-state index contributed by atoms with van der Waals surface area (Å²) in [5, 5.41) is 0. The molecule has 4 heteroatoms. The Morgan fingerprint density at radius 3 is 2.33 bits per heavy atom. The molecule has 0 N–H and O–H groups in total. The molecule has 0 aromatic heterocycles. The van der Waals surface area contributed by atoms with E-state index in [2.05, 4.69) is 26.3 Å². The van der Waals surface area contributed by atoms with Gasteiger partial charge in [0, 0.05) is 0 Å². The minimum atomic E-state index is -0.820. The lowest BCUT2D eigenvalue weighted by atomic mass is 10.0. The Morgan fingerprint density at radius 2 is 1.70 bits per heavy atom. The van der Waals surface area contributed by atoms with Crippen LogP contribution < -0.4 is 0 Å². The van der Waals surface area contributed by atoms with Gasteiger partial charge in [0.25, 0.3) is 0 Å². The molecule has 0 atom stereocenters. The normalized spacial score (nSPS) is 11.5. The van der Waals surface area contributed by atoms with E-state index in [0.29, 0.717) is 41.7 Å². The molecule has 0 aliphatic heterocycles. The van der Waals surface area contributed by atoms with Crippen LogP contribution in [0.2, 0.25) is 0 Å². The maximum absolute atomic E-state index is 13.9. The monoisotopic (exact) mass is 374 g/mol. The number of benzene rings is 1. The van der Waals surface area contributed by atoms with Crippen LogP contribution in [0.25, 0.3) is 0 Å². The first kappa shape index (κ1) is 22.3. The van der Waals surface area contributed by atoms with Gasteiger partial charge >= 0.3 is 0 Å². The number of rotatable bonds is 10. The van der Waals surface area contributed by atoms with Crippen LogP contribution in [0.3, 0.4) is 0 Å². The Labute approximate surface area is 159 Å². The van der Waals surface area contributed by atoms with Crippen LogP contribution in [0.15, 0.2) is 85.0 Å². The Bertz CT molecular complexity index is 813. The molecule has 144 valence electrons. The Balaban J connectivity index is 2.64. The number of hydrogen-bond acceptors (Lipinski definition) is 1. The summed E-state index contributed by atoms with van der Waals surface area (Å²) in [7, 11) is 0. The molecule has 0 heterocycles. The van der Waals surface area contributed by atoms with E-state index in [1.807, 2.05) is 0 Å². The fraction of sp³-hybridized carbons (Fsp3) is 0.217. The average Bonchev–Trinajstić information content (AvgIpc) is 2.63. The molecule has 0 saturated carbocycles. The van der Waals surface area contributed by atoms with Crippen LogP contribution in [-0.2, 0) is 11.2 Å². The quantitative estimate of drug-likeness (QED) is 0.322. The van der Waals surface area contributed by atoms with E-state index >= 15 is 0 Å². The number of ether oxygens (including phenoxy) is 1. The van der Waals surface area contributed by atoms with Gasteiger partial charge in [-0.25, -0.2) is 13.2 Å². The average molecular weight is 374 g/mol. The lowest BCUT2D eigenvalue weighted by molar-refractivity contribution is 0.226. The molecule has 0 amide bonds. The second-order valence-electron chi connectivity index (χ2n) is 6.06. The highest BCUT2D eigenvalue weighted by Crippen LogP contribution is 2.20. The largest absolute Gasteiger partial charge is 0.491 e. The number of hydrogen-bond donors (Lipinski definition) is 0. The molecule has 0 bridgehead atoms. The van der Waals surface area contributed by atoms with Gasteiger partial charge < -0.3 is 4.74 Å². The lowest BCUT2D eigenvalue weighted by Gasteiger charge is -2.07. The predicted molar refractivity (Wildman–Crippen MR) is 106 cm³/mol. The van der Waals surface area contributed by atoms with E-state index in [0.717, 1.165) is 0 Å². The van der Waals surface area contributed by atoms with Crippen molar-refractivity contribution in [2.24, 2.45) is 0 Å².